The van der Waals surface area contributed by atoms with Crippen molar-refractivity contribution in [2.45, 2.75) is 45.6 Å². The van der Waals surface area contributed by atoms with Gasteiger partial charge in [0.25, 0.3) is 5.69 Å². The zero-order valence-electron chi connectivity index (χ0n) is 18.4. The molecule has 0 unspecified atom stereocenters. The Morgan fingerprint density at radius 1 is 1.06 bits per heavy atom. The summed E-state index contributed by atoms with van der Waals surface area (Å²) in [7, 11) is 0. The molecule has 4 rings (SSSR count). The van der Waals surface area contributed by atoms with Crippen molar-refractivity contribution in [2.75, 3.05) is 37.6 Å². The fourth-order valence-electron chi connectivity index (χ4n) is 5.44. The minimum Gasteiger partial charge on any atom is -0.368 e. The molecule has 8 nitrogen and oxygen atoms in total. The monoisotopic (exact) mass is 428 g/mol. The minimum atomic E-state index is -0.401. The third kappa shape index (κ3) is 4.38. The van der Waals surface area contributed by atoms with E-state index in [4.69, 9.17) is 0 Å². The Labute approximate surface area is 183 Å². The Balaban J connectivity index is 1.32. The molecule has 0 spiro atoms. The van der Waals surface area contributed by atoms with Crippen LogP contribution in [0.1, 0.15) is 39.5 Å². The second kappa shape index (κ2) is 8.85. The lowest BCUT2D eigenvalue weighted by atomic mass is 9.77. The summed E-state index contributed by atoms with van der Waals surface area (Å²) in [6.07, 6.45) is 3.76. The lowest BCUT2D eigenvalue weighted by Crippen LogP contribution is -2.51. The summed E-state index contributed by atoms with van der Waals surface area (Å²) in [6.45, 7) is 7.66. The van der Waals surface area contributed by atoms with Gasteiger partial charge in [-0.05, 0) is 30.4 Å². The number of carbonyl (C=O) groups excluding carboxylic acids is 2. The molecular formula is C23H32N4O4. The van der Waals surface area contributed by atoms with Gasteiger partial charge in [0.2, 0.25) is 11.8 Å². The van der Waals surface area contributed by atoms with Gasteiger partial charge in [-0.3, -0.25) is 19.7 Å². The van der Waals surface area contributed by atoms with Gasteiger partial charge in [-0.25, -0.2) is 0 Å². The van der Waals surface area contributed by atoms with Gasteiger partial charge in [0.05, 0.1) is 10.8 Å². The molecule has 2 amide bonds. The fourth-order valence-corrected chi connectivity index (χ4v) is 5.44. The van der Waals surface area contributed by atoms with Crippen LogP contribution in [0.15, 0.2) is 24.3 Å². The third-order valence-corrected chi connectivity index (χ3v) is 7.59. The van der Waals surface area contributed by atoms with Crippen LogP contribution in [0.25, 0.3) is 0 Å². The molecule has 2 aliphatic heterocycles. The molecule has 0 aromatic heterocycles. The Bertz CT molecular complexity index is 834. The zero-order chi connectivity index (χ0) is 22.1. The summed E-state index contributed by atoms with van der Waals surface area (Å²) in [5, 5.41) is 10.8. The van der Waals surface area contributed by atoms with E-state index >= 15 is 0 Å². The van der Waals surface area contributed by atoms with Crippen LogP contribution in [0.4, 0.5) is 11.4 Å². The van der Waals surface area contributed by atoms with E-state index in [1.54, 1.807) is 12.1 Å². The fraction of sp³-hybridized carbons (Fsp3) is 0.652. The maximum absolute atomic E-state index is 13.1. The summed E-state index contributed by atoms with van der Waals surface area (Å²) < 4.78 is 0. The Hall–Kier alpha value is -2.64. The van der Waals surface area contributed by atoms with Crippen molar-refractivity contribution in [1.29, 1.82) is 0 Å². The number of hydrogen-bond acceptors (Lipinski definition) is 5. The molecule has 3 fully saturated rings. The van der Waals surface area contributed by atoms with Crippen LogP contribution in [0.2, 0.25) is 0 Å². The standard InChI is InChI=1S/C23H32N4O4/c1-16-4-3-5-21(17(16)2)26-15-18(14-22(26)28)23(29)25-12-10-24(11-13-25)19-6-8-20(9-7-19)27(30)31/h6-9,16-18,21H,3-5,10-15H2,1-2H3/t16-,17+,18+,21+/m0/s1. The van der Waals surface area contributed by atoms with Gasteiger partial charge in [-0.15, -0.1) is 0 Å². The van der Waals surface area contributed by atoms with Crippen LogP contribution < -0.4 is 4.90 Å². The van der Waals surface area contributed by atoms with E-state index in [0.717, 1.165) is 18.5 Å². The van der Waals surface area contributed by atoms with Crippen molar-refractivity contribution in [3.05, 3.63) is 34.4 Å². The molecule has 1 aliphatic carbocycles. The van der Waals surface area contributed by atoms with E-state index in [1.165, 1.54) is 18.6 Å². The first-order valence-electron chi connectivity index (χ1n) is 11.4. The number of anilines is 1. The maximum atomic E-state index is 13.1. The van der Waals surface area contributed by atoms with Gasteiger partial charge in [-0.2, -0.15) is 0 Å². The predicted octanol–water partition coefficient (Wildman–Crippen LogP) is 2.92. The van der Waals surface area contributed by atoms with E-state index in [1.807, 2.05) is 9.80 Å². The topological polar surface area (TPSA) is 87.0 Å². The van der Waals surface area contributed by atoms with Crippen LogP contribution in [0.5, 0.6) is 0 Å². The van der Waals surface area contributed by atoms with Gasteiger partial charge in [0.1, 0.15) is 0 Å². The molecule has 8 heteroatoms. The first-order chi connectivity index (χ1) is 14.8. The van der Waals surface area contributed by atoms with Crippen molar-refractivity contribution in [2.24, 2.45) is 17.8 Å². The van der Waals surface area contributed by atoms with Gasteiger partial charge in [0.15, 0.2) is 0 Å². The normalized spacial score (nSPS) is 29.4. The number of benzene rings is 1. The number of nitro benzene ring substituents is 1. The number of piperazine rings is 1. The van der Waals surface area contributed by atoms with Crippen molar-refractivity contribution >= 4 is 23.2 Å². The second-order valence-electron chi connectivity index (χ2n) is 9.37. The molecule has 2 heterocycles. The smallest absolute Gasteiger partial charge is 0.269 e. The first-order valence-corrected chi connectivity index (χ1v) is 11.4. The number of hydrogen-bond donors (Lipinski definition) is 0. The van der Waals surface area contributed by atoms with Crippen LogP contribution in [0.3, 0.4) is 0 Å². The lowest BCUT2D eigenvalue weighted by molar-refractivity contribution is -0.384. The molecule has 0 radical (unpaired) electrons. The maximum Gasteiger partial charge on any atom is 0.269 e. The summed E-state index contributed by atoms with van der Waals surface area (Å²) in [5.41, 5.74) is 1.01. The lowest BCUT2D eigenvalue weighted by Gasteiger charge is -2.40. The van der Waals surface area contributed by atoms with E-state index in [2.05, 4.69) is 18.7 Å². The van der Waals surface area contributed by atoms with E-state index in [-0.39, 0.29) is 29.5 Å². The van der Waals surface area contributed by atoms with Gasteiger partial charge in [-0.1, -0.05) is 26.7 Å². The largest absolute Gasteiger partial charge is 0.368 e. The van der Waals surface area contributed by atoms with E-state index in [9.17, 15) is 19.7 Å². The number of carbonyl (C=O) groups is 2. The molecule has 3 aliphatic rings. The number of nitrogens with zero attached hydrogens (tertiary/aromatic N) is 4. The second-order valence-corrected chi connectivity index (χ2v) is 9.37. The number of non-ortho nitro benzene ring substituents is 1. The Kier molecular flexibility index (Phi) is 6.16. The Morgan fingerprint density at radius 2 is 1.74 bits per heavy atom. The average Bonchev–Trinajstić information content (AvgIpc) is 3.16. The molecule has 2 saturated heterocycles. The van der Waals surface area contributed by atoms with Crippen LogP contribution >= 0.6 is 0 Å². The SMILES string of the molecule is C[C@H]1[C@H](N2C[C@H](C(=O)N3CCN(c4ccc([N+](=O)[O-])cc4)CC3)CC2=O)CCC[C@@H]1C. The van der Waals surface area contributed by atoms with E-state index < -0.39 is 4.92 Å². The quantitative estimate of drug-likeness (QED) is 0.544. The molecule has 1 saturated carbocycles. The highest BCUT2D eigenvalue weighted by atomic mass is 16.6. The van der Waals surface area contributed by atoms with Gasteiger partial charge in [0, 0.05) is 63.0 Å². The van der Waals surface area contributed by atoms with Crippen molar-refractivity contribution in [3.63, 3.8) is 0 Å². The van der Waals surface area contributed by atoms with E-state index in [0.29, 0.717) is 51.0 Å². The Morgan fingerprint density at radius 3 is 2.39 bits per heavy atom. The summed E-state index contributed by atoms with van der Waals surface area (Å²) >= 11 is 0. The first kappa shape index (κ1) is 21.6. The van der Waals surface area contributed by atoms with Crippen LogP contribution in [-0.4, -0.2) is 65.3 Å². The summed E-state index contributed by atoms with van der Waals surface area (Å²) in [4.78, 5) is 42.3. The summed E-state index contributed by atoms with van der Waals surface area (Å²) in [6, 6.07) is 6.82. The molecule has 168 valence electrons. The zero-order valence-corrected chi connectivity index (χ0v) is 18.4. The number of rotatable bonds is 4. The predicted molar refractivity (Wildman–Crippen MR) is 118 cm³/mol. The number of likely N-dealkylation sites (tertiary alicyclic amines) is 1. The summed E-state index contributed by atoms with van der Waals surface area (Å²) in [5.74, 6) is 1.10. The third-order valence-electron chi connectivity index (χ3n) is 7.59. The molecule has 4 atom stereocenters. The van der Waals surface area contributed by atoms with Gasteiger partial charge < -0.3 is 14.7 Å². The number of amides is 2. The minimum absolute atomic E-state index is 0.0784. The van der Waals surface area contributed by atoms with Crippen LogP contribution in [-0.2, 0) is 9.59 Å². The highest BCUT2D eigenvalue weighted by molar-refractivity contribution is 5.89. The molecule has 0 N–H and O–H groups in total. The highest BCUT2D eigenvalue weighted by Crippen LogP contribution is 2.36. The molecule has 1 aromatic carbocycles. The average molecular weight is 429 g/mol. The van der Waals surface area contributed by atoms with Crippen molar-refractivity contribution in [1.82, 2.24) is 9.80 Å². The highest BCUT2D eigenvalue weighted by Gasteiger charge is 2.42. The molecular weight excluding hydrogens is 396 g/mol. The van der Waals surface area contributed by atoms with Crippen molar-refractivity contribution in [3.8, 4) is 0 Å². The molecule has 1 aromatic rings. The molecule has 31 heavy (non-hydrogen) atoms. The van der Waals surface area contributed by atoms with Gasteiger partial charge >= 0.3 is 0 Å². The number of nitro groups is 1. The van der Waals surface area contributed by atoms with Crippen molar-refractivity contribution < 1.29 is 14.5 Å². The van der Waals surface area contributed by atoms with Crippen LogP contribution in [0, 0.1) is 27.9 Å². The molecule has 0 bridgehead atoms.